The van der Waals surface area contributed by atoms with Gasteiger partial charge in [-0.25, -0.2) is 4.98 Å². The Hall–Kier alpha value is -1.55. The Morgan fingerprint density at radius 3 is 3.13 bits per heavy atom. The molecule has 4 nitrogen and oxygen atoms in total. The number of nitrogens with zero attached hydrogens (tertiary/aromatic N) is 1. The van der Waals surface area contributed by atoms with E-state index in [9.17, 15) is 4.79 Å². The zero-order chi connectivity index (χ0) is 10.8. The van der Waals surface area contributed by atoms with Crippen molar-refractivity contribution >= 4 is 34.2 Å². The van der Waals surface area contributed by atoms with Gasteiger partial charge in [0.05, 0.1) is 28.1 Å². The predicted molar refractivity (Wildman–Crippen MR) is 60.0 cm³/mol. The largest absolute Gasteiger partial charge is 0.345 e. The zero-order valence-electron chi connectivity index (χ0n) is 8.17. The summed E-state index contributed by atoms with van der Waals surface area (Å²) in [7, 11) is 0. The van der Waals surface area contributed by atoms with Crippen molar-refractivity contribution in [1.82, 2.24) is 9.97 Å². The van der Waals surface area contributed by atoms with Gasteiger partial charge in [-0.05, 0) is 12.1 Å². The number of H-pyrrole nitrogens is 1. The molecule has 2 rings (SSSR count). The van der Waals surface area contributed by atoms with Crippen LogP contribution in [0, 0.1) is 0 Å². The van der Waals surface area contributed by atoms with Gasteiger partial charge in [-0.15, -0.1) is 0 Å². The number of aromatic nitrogens is 2. The van der Waals surface area contributed by atoms with Crippen molar-refractivity contribution in [2.75, 3.05) is 5.32 Å². The number of carbonyl (C=O) groups excluding carboxylic acids is 1. The first kappa shape index (κ1) is 9.98. The first-order valence-corrected chi connectivity index (χ1v) is 5.01. The third-order valence-electron chi connectivity index (χ3n) is 2.10. The molecule has 0 unspecified atom stereocenters. The molecule has 0 radical (unpaired) electrons. The molecule has 0 saturated heterocycles. The highest BCUT2D eigenvalue weighted by Crippen LogP contribution is 2.26. The summed E-state index contributed by atoms with van der Waals surface area (Å²) in [5.41, 5.74) is 2.24. The van der Waals surface area contributed by atoms with E-state index in [-0.39, 0.29) is 5.91 Å². The van der Waals surface area contributed by atoms with Gasteiger partial charge >= 0.3 is 0 Å². The van der Waals surface area contributed by atoms with Gasteiger partial charge in [0.15, 0.2) is 0 Å². The van der Waals surface area contributed by atoms with Gasteiger partial charge in [0.2, 0.25) is 5.91 Å². The van der Waals surface area contributed by atoms with E-state index in [1.54, 1.807) is 25.4 Å². The quantitative estimate of drug-likeness (QED) is 0.822. The fourth-order valence-electron chi connectivity index (χ4n) is 1.29. The number of nitrogens with one attached hydrogen (secondary N) is 2. The van der Waals surface area contributed by atoms with E-state index in [0.717, 1.165) is 11.0 Å². The van der Waals surface area contributed by atoms with Crippen molar-refractivity contribution in [3.8, 4) is 0 Å². The van der Waals surface area contributed by atoms with Crippen LogP contribution in [0.3, 0.4) is 0 Å². The van der Waals surface area contributed by atoms with Gasteiger partial charge in [-0.2, -0.15) is 0 Å². The number of imidazole rings is 1. The van der Waals surface area contributed by atoms with Crippen LogP contribution in [0.25, 0.3) is 11.0 Å². The van der Waals surface area contributed by atoms with Crippen LogP contribution in [0.5, 0.6) is 0 Å². The van der Waals surface area contributed by atoms with Crippen LogP contribution in [0.2, 0.25) is 5.02 Å². The Kier molecular flexibility index (Phi) is 2.60. The second-order valence-electron chi connectivity index (χ2n) is 3.15. The number of hydrogen-bond donors (Lipinski definition) is 2. The average molecular weight is 224 g/mol. The second-order valence-corrected chi connectivity index (χ2v) is 3.56. The molecule has 0 saturated carbocycles. The van der Waals surface area contributed by atoms with E-state index in [4.69, 9.17) is 11.6 Å². The standard InChI is InChI=1S/C10H10ClN3O/c1-2-10(15)14-7-4-9-8(3-6(7)11)12-5-13-9/h3-5H,2H2,1H3,(H,12,13)(H,14,15). The lowest BCUT2D eigenvalue weighted by molar-refractivity contribution is -0.115. The fraction of sp³-hybridized carbons (Fsp3) is 0.200. The van der Waals surface area contributed by atoms with Gasteiger partial charge in [0.25, 0.3) is 0 Å². The third-order valence-corrected chi connectivity index (χ3v) is 2.42. The zero-order valence-corrected chi connectivity index (χ0v) is 8.93. The molecular weight excluding hydrogens is 214 g/mol. The number of hydrogen-bond acceptors (Lipinski definition) is 2. The summed E-state index contributed by atoms with van der Waals surface area (Å²) < 4.78 is 0. The van der Waals surface area contributed by atoms with Crippen LogP contribution in [0.1, 0.15) is 13.3 Å². The number of rotatable bonds is 2. The molecule has 2 aromatic rings. The number of benzene rings is 1. The van der Waals surface area contributed by atoms with Crippen molar-refractivity contribution in [2.24, 2.45) is 0 Å². The number of fused-ring (bicyclic) bond motifs is 1. The molecule has 0 fully saturated rings. The molecule has 1 aromatic carbocycles. The summed E-state index contributed by atoms with van der Waals surface area (Å²) in [6.45, 7) is 1.79. The highest BCUT2D eigenvalue weighted by Gasteiger charge is 2.06. The molecule has 0 bridgehead atoms. The normalized spacial score (nSPS) is 10.5. The Morgan fingerprint density at radius 2 is 2.40 bits per heavy atom. The topological polar surface area (TPSA) is 57.8 Å². The number of amides is 1. The number of anilines is 1. The van der Waals surface area contributed by atoms with Crippen molar-refractivity contribution in [3.63, 3.8) is 0 Å². The van der Waals surface area contributed by atoms with Gasteiger partial charge in [-0.1, -0.05) is 18.5 Å². The molecular formula is C10H10ClN3O. The molecule has 2 N–H and O–H groups in total. The fourth-order valence-corrected chi connectivity index (χ4v) is 1.50. The van der Waals surface area contributed by atoms with Gasteiger partial charge in [-0.3, -0.25) is 4.79 Å². The molecule has 15 heavy (non-hydrogen) atoms. The van der Waals surface area contributed by atoms with Crippen molar-refractivity contribution < 1.29 is 4.79 Å². The second kappa shape index (κ2) is 3.90. The van der Waals surface area contributed by atoms with E-state index in [2.05, 4.69) is 15.3 Å². The average Bonchev–Trinajstić information content (AvgIpc) is 2.65. The van der Waals surface area contributed by atoms with Crippen LogP contribution in [-0.2, 0) is 4.79 Å². The molecule has 1 aromatic heterocycles. The molecule has 0 spiro atoms. The van der Waals surface area contributed by atoms with Crippen molar-refractivity contribution in [1.29, 1.82) is 0 Å². The van der Waals surface area contributed by atoms with Gasteiger partial charge < -0.3 is 10.3 Å². The molecule has 0 aliphatic carbocycles. The summed E-state index contributed by atoms with van der Waals surface area (Å²) in [6.07, 6.45) is 2.02. The minimum Gasteiger partial charge on any atom is -0.345 e. The molecule has 1 heterocycles. The van der Waals surface area contributed by atoms with E-state index in [1.807, 2.05) is 0 Å². The van der Waals surface area contributed by atoms with E-state index in [1.165, 1.54) is 0 Å². The van der Waals surface area contributed by atoms with Gasteiger partial charge in [0.1, 0.15) is 0 Å². The highest BCUT2D eigenvalue weighted by atomic mass is 35.5. The first-order valence-electron chi connectivity index (χ1n) is 4.63. The Bertz CT molecular complexity index is 506. The number of carbonyl (C=O) groups is 1. The Morgan fingerprint density at radius 1 is 1.60 bits per heavy atom. The van der Waals surface area contributed by atoms with E-state index < -0.39 is 0 Å². The molecule has 5 heteroatoms. The maximum absolute atomic E-state index is 11.2. The molecule has 0 aliphatic rings. The summed E-state index contributed by atoms with van der Waals surface area (Å²) in [4.78, 5) is 18.2. The van der Waals surface area contributed by atoms with E-state index >= 15 is 0 Å². The summed E-state index contributed by atoms with van der Waals surface area (Å²) in [5.74, 6) is -0.0632. The van der Waals surface area contributed by atoms with Crippen LogP contribution in [-0.4, -0.2) is 15.9 Å². The summed E-state index contributed by atoms with van der Waals surface area (Å²) in [5, 5.41) is 3.22. The minimum absolute atomic E-state index is 0.0632. The first-order chi connectivity index (χ1) is 7.20. The predicted octanol–water partition coefficient (Wildman–Crippen LogP) is 2.56. The summed E-state index contributed by atoms with van der Waals surface area (Å²) in [6, 6.07) is 3.50. The van der Waals surface area contributed by atoms with Gasteiger partial charge in [0, 0.05) is 6.42 Å². The SMILES string of the molecule is CCC(=O)Nc1cc2nc[nH]c2cc1Cl. The lowest BCUT2D eigenvalue weighted by Gasteiger charge is -2.05. The van der Waals surface area contributed by atoms with E-state index in [0.29, 0.717) is 17.1 Å². The maximum Gasteiger partial charge on any atom is 0.224 e. The Balaban J connectivity index is 2.41. The van der Waals surface area contributed by atoms with Crippen molar-refractivity contribution in [3.05, 3.63) is 23.5 Å². The lowest BCUT2D eigenvalue weighted by Crippen LogP contribution is -2.09. The Labute approximate surface area is 91.7 Å². The molecule has 0 atom stereocenters. The maximum atomic E-state index is 11.2. The lowest BCUT2D eigenvalue weighted by atomic mass is 10.2. The van der Waals surface area contributed by atoms with Crippen LogP contribution >= 0.6 is 11.6 Å². The highest BCUT2D eigenvalue weighted by molar-refractivity contribution is 6.34. The third kappa shape index (κ3) is 1.94. The molecule has 0 aliphatic heterocycles. The minimum atomic E-state index is -0.0632. The summed E-state index contributed by atoms with van der Waals surface area (Å²) >= 11 is 6.00. The van der Waals surface area contributed by atoms with Crippen molar-refractivity contribution in [2.45, 2.75) is 13.3 Å². The molecule has 1 amide bonds. The smallest absolute Gasteiger partial charge is 0.224 e. The van der Waals surface area contributed by atoms with Crippen LogP contribution < -0.4 is 5.32 Å². The number of aromatic amines is 1. The monoisotopic (exact) mass is 223 g/mol. The van der Waals surface area contributed by atoms with Crippen LogP contribution in [0.15, 0.2) is 18.5 Å². The van der Waals surface area contributed by atoms with Crippen LogP contribution in [0.4, 0.5) is 5.69 Å². The molecule has 78 valence electrons. The number of halogens is 1.